The summed E-state index contributed by atoms with van der Waals surface area (Å²) in [5, 5.41) is 17.4. The molecule has 7 nitrogen and oxygen atoms in total. The van der Waals surface area contributed by atoms with Crippen LogP contribution in [0.15, 0.2) is 28.7 Å². The van der Waals surface area contributed by atoms with Crippen molar-refractivity contribution >= 4 is 27.8 Å². The van der Waals surface area contributed by atoms with E-state index in [-0.39, 0.29) is 17.4 Å². The fourth-order valence-corrected chi connectivity index (χ4v) is 3.70. The van der Waals surface area contributed by atoms with Gasteiger partial charge in [-0.25, -0.2) is 0 Å². The zero-order valence-corrected chi connectivity index (χ0v) is 14.8. The summed E-state index contributed by atoms with van der Waals surface area (Å²) in [6.45, 7) is 1.62. The van der Waals surface area contributed by atoms with Crippen LogP contribution in [0.3, 0.4) is 0 Å². The predicted molar refractivity (Wildman–Crippen MR) is 92.6 cm³/mol. The highest BCUT2D eigenvalue weighted by Gasteiger charge is 2.51. The van der Waals surface area contributed by atoms with Crippen molar-refractivity contribution in [1.29, 1.82) is 0 Å². The Morgan fingerprint density at radius 3 is 2.79 bits per heavy atom. The molecule has 1 saturated heterocycles. The number of carbonyl (C=O) groups is 1. The minimum atomic E-state index is -0.338. The fraction of sp³-hybridized carbons (Fsp3) is 0.500. The fourth-order valence-electron chi connectivity index (χ4n) is 3.43. The molecule has 1 aliphatic heterocycles. The van der Waals surface area contributed by atoms with Crippen molar-refractivity contribution < 1.29 is 4.79 Å². The summed E-state index contributed by atoms with van der Waals surface area (Å²) in [5.41, 5.74) is 0.767. The molecule has 126 valence electrons. The van der Waals surface area contributed by atoms with Gasteiger partial charge in [-0.05, 0) is 48.6 Å². The first-order valence-corrected chi connectivity index (χ1v) is 9.02. The SMILES string of the molecule is O=C(N[C@H]1CCCN(c2nn[nH]n2)C1)C1(c2ccc(Br)cc2)CC1. The average molecular weight is 391 g/mol. The van der Waals surface area contributed by atoms with E-state index in [0.717, 1.165) is 48.8 Å². The Hall–Kier alpha value is -1.96. The highest BCUT2D eigenvalue weighted by molar-refractivity contribution is 9.10. The van der Waals surface area contributed by atoms with Crippen LogP contribution in [-0.4, -0.2) is 45.7 Å². The van der Waals surface area contributed by atoms with Crippen molar-refractivity contribution in [3.63, 3.8) is 0 Å². The first kappa shape index (κ1) is 15.6. The molecule has 4 rings (SSSR count). The highest BCUT2D eigenvalue weighted by Crippen LogP contribution is 2.48. The van der Waals surface area contributed by atoms with Gasteiger partial charge in [-0.2, -0.15) is 5.21 Å². The number of benzene rings is 1. The van der Waals surface area contributed by atoms with E-state index in [0.29, 0.717) is 5.95 Å². The smallest absolute Gasteiger partial charge is 0.265 e. The topological polar surface area (TPSA) is 86.8 Å². The first-order chi connectivity index (χ1) is 11.7. The van der Waals surface area contributed by atoms with Gasteiger partial charge in [0.25, 0.3) is 5.95 Å². The third kappa shape index (κ3) is 2.90. The lowest BCUT2D eigenvalue weighted by Crippen LogP contribution is -2.50. The number of halogens is 1. The Labute approximate surface area is 148 Å². The van der Waals surface area contributed by atoms with Crippen LogP contribution in [0.1, 0.15) is 31.2 Å². The van der Waals surface area contributed by atoms with Gasteiger partial charge in [0.15, 0.2) is 0 Å². The molecule has 2 N–H and O–H groups in total. The second kappa shape index (κ2) is 6.16. The minimum absolute atomic E-state index is 0.123. The van der Waals surface area contributed by atoms with Crippen molar-refractivity contribution in [3.8, 4) is 0 Å². The van der Waals surface area contributed by atoms with Crippen LogP contribution in [0.25, 0.3) is 0 Å². The number of rotatable bonds is 4. The molecule has 2 heterocycles. The van der Waals surface area contributed by atoms with Gasteiger partial charge in [0.2, 0.25) is 5.91 Å². The second-order valence-corrected chi connectivity index (χ2v) is 7.48. The molecular formula is C16H19BrN6O. The quantitative estimate of drug-likeness (QED) is 0.830. The van der Waals surface area contributed by atoms with E-state index in [2.05, 4.69) is 46.8 Å². The van der Waals surface area contributed by atoms with E-state index in [1.165, 1.54) is 0 Å². The van der Waals surface area contributed by atoms with Crippen LogP contribution in [0.2, 0.25) is 0 Å². The van der Waals surface area contributed by atoms with Gasteiger partial charge in [0.05, 0.1) is 5.41 Å². The van der Waals surface area contributed by atoms with Crippen LogP contribution >= 0.6 is 15.9 Å². The van der Waals surface area contributed by atoms with Crippen molar-refractivity contribution in [2.45, 2.75) is 37.1 Å². The molecule has 1 amide bonds. The third-order valence-corrected chi connectivity index (χ3v) is 5.48. The van der Waals surface area contributed by atoms with Gasteiger partial charge in [0, 0.05) is 23.6 Å². The van der Waals surface area contributed by atoms with E-state index < -0.39 is 0 Å². The normalized spacial score (nSPS) is 22.2. The van der Waals surface area contributed by atoms with Crippen LogP contribution in [0, 0.1) is 0 Å². The molecule has 0 spiro atoms. The van der Waals surface area contributed by atoms with E-state index in [9.17, 15) is 4.79 Å². The molecule has 2 aromatic rings. The van der Waals surface area contributed by atoms with E-state index in [4.69, 9.17) is 0 Å². The van der Waals surface area contributed by atoms with Gasteiger partial charge in [-0.15, -0.1) is 5.10 Å². The number of H-pyrrole nitrogens is 1. The number of carbonyl (C=O) groups excluding carboxylic acids is 1. The monoisotopic (exact) mass is 390 g/mol. The molecule has 24 heavy (non-hydrogen) atoms. The van der Waals surface area contributed by atoms with Crippen molar-refractivity contribution in [2.75, 3.05) is 18.0 Å². The highest BCUT2D eigenvalue weighted by atomic mass is 79.9. The minimum Gasteiger partial charge on any atom is -0.351 e. The number of anilines is 1. The first-order valence-electron chi connectivity index (χ1n) is 8.23. The molecule has 0 radical (unpaired) electrons. The number of hydrogen-bond acceptors (Lipinski definition) is 5. The molecule has 1 aromatic heterocycles. The summed E-state index contributed by atoms with van der Waals surface area (Å²) in [7, 11) is 0. The molecule has 1 atom stereocenters. The van der Waals surface area contributed by atoms with Gasteiger partial charge in [0.1, 0.15) is 0 Å². The Morgan fingerprint density at radius 2 is 2.12 bits per heavy atom. The Balaban J connectivity index is 1.43. The van der Waals surface area contributed by atoms with Gasteiger partial charge in [-0.1, -0.05) is 33.2 Å². The van der Waals surface area contributed by atoms with Gasteiger partial charge >= 0.3 is 0 Å². The third-order valence-electron chi connectivity index (χ3n) is 4.96. The van der Waals surface area contributed by atoms with E-state index >= 15 is 0 Å². The number of tetrazole rings is 1. The molecule has 0 bridgehead atoms. The largest absolute Gasteiger partial charge is 0.351 e. The van der Waals surface area contributed by atoms with Gasteiger partial charge < -0.3 is 10.2 Å². The van der Waals surface area contributed by atoms with Crippen LogP contribution in [0.4, 0.5) is 5.95 Å². The zero-order valence-electron chi connectivity index (χ0n) is 13.2. The maximum absolute atomic E-state index is 12.9. The maximum Gasteiger partial charge on any atom is 0.265 e. The standard InChI is InChI=1S/C16H19BrN6O/c17-12-5-3-11(4-6-12)16(7-8-16)14(24)18-13-2-1-9-23(10-13)15-19-21-22-20-15/h3-6,13H,1-2,7-10H2,(H,18,24)(H,19,20,21,22)/t13-/m0/s1. The summed E-state index contributed by atoms with van der Waals surface area (Å²) >= 11 is 3.45. The molecular weight excluding hydrogens is 372 g/mol. The number of hydrogen-bond donors (Lipinski definition) is 2. The molecule has 2 fully saturated rings. The Morgan fingerprint density at radius 1 is 1.33 bits per heavy atom. The number of amides is 1. The van der Waals surface area contributed by atoms with E-state index in [1.807, 2.05) is 24.3 Å². The lowest BCUT2D eigenvalue weighted by molar-refractivity contribution is -0.124. The van der Waals surface area contributed by atoms with Crippen molar-refractivity contribution in [3.05, 3.63) is 34.3 Å². The number of nitrogens with one attached hydrogen (secondary N) is 2. The van der Waals surface area contributed by atoms with Crippen molar-refractivity contribution in [2.24, 2.45) is 0 Å². The summed E-state index contributed by atoms with van der Waals surface area (Å²) in [6, 6.07) is 8.21. The van der Waals surface area contributed by atoms with E-state index in [1.54, 1.807) is 0 Å². The lowest BCUT2D eigenvalue weighted by atomic mass is 9.94. The second-order valence-electron chi connectivity index (χ2n) is 6.56. The number of aromatic amines is 1. The molecule has 8 heteroatoms. The number of nitrogens with zero attached hydrogens (tertiary/aromatic N) is 4. The molecule has 1 saturated carbocycles. The summed E-state index contributed by atoms with van der Waals surface area (Å²) in [4.78, 5) is 14.9. The van der Waals surface area contributed by atoms with Crippen LogP contribution in [-0.2, 0) is 10.2 Å². The molecule has 1 aliphatic carbocycles. The van der Waals surface area contributed by atoms with Gasteiger partial charge in [-0.3, -0.25) is 4.79 Å². The van der Waals surface area contributed by atoms with Crippen molar-refractivity contribution in [1.82, 2.24) is 25.9 Å². The molecule has 0 unspecified atom stereocenters. The maximum atomic E-state index is 12.9. The Bertz CT molecular complexity index is 713. The summed E-state index contributed by atoms with van der Waals surface area (Å²) in [6.07, 6.45) is 3.82. The summed E-state index contributed by atoms with van der Waals surface area (Å²) < 4.78 is 1.03. The Kier molecular flexibility index (Phi) is 3.99. The molecule has 2 aliphatic rings. The summed E-state index contributed by atoms with van der Waals surface area (Å²) in [5.74, 6) is 0.743. The predicted octanol–water partition coefficient (Wildman–Crippen LogP) is 1.78. The number of aromatic nitrogens is 4. The van der Waals surface area contributed by atoms with Crippen LogP contribution < -0.4 is 10.2 Å². The average Bonchev–Trinajstić information content (AvgIpc) is 3.22. The molecule has 1 aromatic carbocycles. The number of piperidine rings is 1. The lowest BCUT2D eigenvalue weighted by Gasteiger charge is -2.33. The zero-order chi connectivity index (χ0) is 16.6. The van der Waals surface area contributed by atoms with Crippen LogP contribution in [0.5, 0.6) is 0 Å².